The second-order valence-electron chi connectivity index (χ2n) is 6.70. The van der Waals surface area contributed by atoms with Crippen LogP contribution in [0, 0.1) is 0 Å². The van der Waals surface area contributed by atoms with E-state index < -0.39 is 0 Å². The summed E-state index contributed by atoms with van der Waals surface area (Å²) in [5.74, 6) is 0.562. The highest BCUT2D eigenvalue weighted by atomic mass is 35.5. The fourth-order valence-corrected chi connectivity index (χ4v) is 3.13. The molecule has 26 heavy (non-hydrogen) atoms. The van der Waals surface area contributed by atoms with Crippen LogP contribution in [-0.2, 0) is 11.2 Å². The largest absolute Gasteiger partial charge is 0.398 e. The third-order valence-electron chi connectivity index (χ3n) is 4.66. The zero-order chi connectivity index (χ0) is 18.7. The van der Waals surface area contributed by atoms with E-state index in [-0.39, 0.29) is 11.9 Å². The van der Waals surface area contributed by atoms with Crippen LogP contribution in [0.1, 0.15) is 43.7 Å². The van der Waals surface area contributed by atoms with Crippen molar-refractivity contribution in [2.75, 3.05) is 10.6 Å². The molecule has 1 aromatic carbocycles. The molecule has 1 aliphatic carbocycles. The van der Waals surface area contributed by atoms with E-state index in [1.165, 1.54) is 0 Å². The number of unbranched alkanes of at least 4 members (excludes halogenated alkanes) is 1. The van der Waals surface area contributed by atoms with Crippen LogP contribution in [0.15, 0.2) is 43.1 Å². The van der Waals surface area contributed by atoms with E-state index in [2.05, 4.69) is 18.5 Å². The van der Waals surface area contributed by atoms with E-state index in [4.69, 9.17) is 17.3 Å². The van der Waals surface area contributed by atoms with Gasteiger partial charge >= 0.3 is 0 Å². The minimum atomic E-state index is -0.120. The van der Waals surface area contributed by atoms with Crippen LogP contribution in [0.3, 0.4) is 0 Å². The van der Waals surface area contributed by atoms with E-state index in [0.717, 1.165) is 43.2 Å². The van der Waals surface area contributed by atoms with Gasteiger partial charge < -0.3 is 5.73 Å². The van der Waals surface area contributed by atoms with Crippen molar-refractivity contribution in [1.29, 1.82) is 0 Å². The molecular weight excluding hydrogens is 346 g/mol. The molecule has 2 aromatic rings. The summed E-state index contributed by atoms with van der Waals surface area (Å²) in [7, 11) is 0. The van der Waals surface area contributed by atoms with Gasteiger partial charge in [-0.1, -0.05) is 43.7 Å². The number of nitrogens with zero attached hydrogens (tertiary/aromatic N) is 2. The average molecular weight is 370 g/mol. The van der Waals surface area contributed by atoms with Crippen LogP contribution in [-0.4, -0.2) is 16.9 Å². The van der Waals surface area contributed by atoms with Crippen LogP contribution in [0.25, 0.3) is 5.57 Å². The summed E-state index contributed by atoms with van der Waals surface area (Å²) in [6.45, 7) is 6.17. The van der Waals surface area contributed by atoms with Crippen LogP contribution in [0.4, 0.5) is 11.5 Å². The minimum Gasteiger partial charge on any atom is -0.398 e. The minimum absolute atomic E-state index is 0.120. The Kier molecular flexibility index (Phi) is 5.62. The molecular formula is C21H24ClN3O. The molecule has 136 valence electrons. The van der Waals surface area contributed by atoms with Gasteiger partial charge in [0, 0.05) is 34.1 Å². The van der Waals surface area contributed by atoms with Crippen molar-refractivity contribution >= 4 is 34.6 Å². The summed E-state index contributed by atoms with van der Waals surface area (Å²) in [6, 6.07) is 9.14. The zero-order valence-corrected chi connectivity index (χ0v) is 15.8. The average Bonchev–Trinajstić information content (AvgIpc) is 3.46. The van der Waals surface area contributed by atoms with Gasteiger partial charge in [-0.25, -0.2) is 4.98 Å². The van der Waals surface area contributed by atoms with E-state index in [9.17, 15) is 4.79 Å². The summed E-state index contributed by atoms with van der Waals surface area (Å²) in [5.41, 5.74) is 9.07. The van der Waals surface area contributed by atoms with Crippen molar-refractivity contribution in [1.82, 2.24) is 4.98 Å². The van der Waals surface area contributed by atoms with Crippen LogP contribution < -0.4 is 10.6 Å². The summed E-state index contributed by atoms with van der Waals surface area (Å²) in [6.07, 6.45) is 6.51. The molecule has 0 atom stereocenters. The Morgan fingerprint density at radius 2 is 2.00 bits per heavy atom. The van der Waals surface area contributed by atoms with Gasteiger partial charge in [-0.05, 0) is 49.4 Å². The molecule has 1 aliphatic rings. The molecule has 1 heterocycles. The van der Waals surface area contributed by atoms with E-state index in [1.54, 1.807) is 29.3 Å². The van der Waals surface area contributed by atoms with E-state index in [1.807, 2.05) is 12.1 Å². The number of halogens is 1. The number of rotatable bonds is 7. The van der Waals surface area contributed by atoms with E-state index in [0.29, 0.717) is 22.1 Å². The topological polar surface area (TPSA) is 59.2 Å². The number of carbonyl (C=O) groups excluding carboxylic acids is 1. The van der Waals surface area contributed by atoms with Gasteiger partial charge in [0.2, 0.25) is 0 Å². The van der Waals surface area contributed by atoms with Crippen LogP contribution >= 0.6 is 11.6 Å². The van der Waals surface area contributed by atoms with Crippen LogP contribution in [0.2, 0.25) is 5.02 Å². The second kappa shape index (κ2) is 7.92. The van der Waals surface area contributed by atoms with Gasteiger partial charge in [0.05, 0.1) is 0 Å². The Hall–Kier alpha value is -2.33. The SMILES string of the molecule is C=C(C(=O)N(c1nccc(N)c1CCCC)C1CC1)c1ccc(Cl)cc1. The maximum atomic E-state index is 13.3. The maximum absolute atomic E-state index is 13.3. The predicted molar refractivity (Wildman–Crippen MR) is 108 cm³/mol. The van der Waals surface area contributed by atoms with Crippen molar-refractivity contribution in [3.8, 4) is 0 Å². The molecule has 0 spiro atoms. The molecule has 1 saturated carbocycles. The van der Waals surface area contributed by atoms with Gasteiger partial charge in [-0.15, -0.1) is 0 Å². The summed E-state index contributed by atoms with van der Waals surface area (Å²) in [4.78, 5) is 19.6. The van der Waals surface area contributed by atoms with Crippen molar-refractivity contribution < 1.29 is 4.79 Å². The molecule has 5 heteroatoms. The van der Waals surface area contributed by atoms with E-state index >= 15 is 0 Å². The zero-order valence-electron chi connectivity index (χ0n) is 15.0. The summed E-state index contributed by atoms with van der Waals surface area (Å²) < 4.78 is 0. The molecule has 0 bridgehead atoms. The standard InChI is InChI=1S/C21H24ClN3O/c1-3-4-5-18-19(23)12-13-24-20(18)25(17-10-11-17)21(26)14(2)15-6-8-16(22)9-7-15/h6-9,12-13,17H,2-5,10-11H2,1H3,(H2,23,24). The number of nitrogen functional groups attached to an aromatic ring is 1. The number of anilines is 2. The molecule has 0 radical (unpaired) electrons. The molecule has 1 aromatic heterocycles. The molecule has 0 aliphatic heterocycles. The number of aromatic nitrogens is 1. The monoisotopic (exact) mass is 369 g/mol. The number of amides is 1. The molecule has 3 rings (SSSR count). The van der Waals surface area contributed by atoms with Crippen LogP contribution in [0.5, 0.6) is 0 Å². The first kappa shape index (κ1) is 18.5. The van der Waals surface area contributed by atoms with Gasteiger partial charge in [-0.2, -0.15) is 0 Å². The Balaban J connectivity index is 1.95. The number of benzene rings is 1. The lowest BCUT2D eigenvalue weighted by Gasteiger charge is -2.25. The van der Waals surface area contributed by atoms with Gasteiger partial charge in [0.25, 0.3) is 5.91 Å². The van der Waals surface area contributed by atoms with Crippen molar-refractivity contribution in [3.63, 3.8) is 0 Å². The van der Waals surface area contributed by atoms with Crippen molar-refractivity contribution in [2.45, 2.75) is 45.1 Å². The summed E-state index contributed by atoms with van der Waals surface area (Å²) in [5, 5.41) is 0.632. The lowest BCUT2D eigenvalue weighted by molar-refractivity contribution is -0.113. The fourth-order valence-electron chi connectivity index (χ4n) is 3.00. The summed E-state index contributed by atoms with van der Waals surface area (Å²) >= 11 is 5.95. The second-order valence-corrected chi connectivity index (χ2v) is 7.13. The molecule has 1 fully saturated rings. The maximum Gasteiger partial charge on any atom is 0.259 e. The number of carbonyl (C=O) groups is 1. The van der Waals surface area contributed by atoms with Crippen molar-refractivity contribution in [3.05, 3.63) is 59.3 Å². The first-order valence-electron chi connectivity index (χ1n) is 9.04. The first-order valence-corrected chi connectivity index (χ1v) is 9.42. The molecule has 2 N–H and O–H groups in total. The smallest absolute Gasteiger partial charge is 0.259 e. The predicted octanol–water partition coefficient (Wildman–Crippen LogP) is 4.87. The normalized spacial score (nSPS) is 13.5. The van der Waals surface area contributed by atoms with Crippen molar-refractivity contribution in [2.24, 2.45) is 0 Å². The number of nitrogens with two attached hydrogens (primary N) is 1. The quantitative estimate of drug-likeness (QED) is 0.708. The lowest BCUT2D eigenvalue weighted by atomic mass is 10.0. The Labute approximate surface area is 159 Å². The Morgan fingerprint density at radius 3 is 2.62 bits per heavy atom. The van der Waals surface area contributed by atoms with Gasteiger partial charge in [0.15, 0.2) is 0 Å². The Morgan fingerprint density at radius 1 is 1.31 bits per heavy atom. The molecule has 0 saturated heterocycles. The fraction of sp³-hybridized carbons (Fsp3) is 0.333. The number of hydrogen-bond donors (Lipinski definition) is 1. The first-order chi connectivity index (χ1) is 12.5. The lowest BCUT2D eigenvalue weighted by Crippen LogP contribution is -2.35. The number of pyridine rings is 1. The molecule has 4 nitrogen and oxygen atoms in total. The highest BCUT2D eigenvalue weighted by Gasteiger charge is 2.37. The highest BCUT2D eigenvalue weighted by molar-refractivity contribution is 6.31. The molecule has 1 amide bonds. The third kappa shape index (κ3) is 3.91. The Bertz CT molecular complexity index is 813. The van der Waals surface area contributed by atoms with Gasteiger partial charge in [0.1, 0.15) is 5.82 Å². The highest BCUT2D eigenvalue weighted by Crippen LogP contribution is 2.36. The number of hydrogen-bond acceptors (Lipinski definition) is 3. The molecule has 0 unspecified atom stereocenters. The van der Waals surface area contributed by atoms with Gasteiger partial charge in [-0.3, -0.25) is 9.69 Å². The third-order valence-corrected chi connectivity index (χ3v) is 4.91.